The molecule has 1 fully saturated rings. The molecule has 0 bridgehead atoms. The van der Waals surface area contributed by atoms with Crippen LogP contribution in [0.3, 0.4) is 0 Å². The molecule has 0 N–H and O–H groups in total. The van der Waals surface area contributed by atoms with Gasteiger partial charge in [-0.1, -0.05) is 23.7 Å². The number of likely N-dealkylation sites (tertiary alicyclic amines) is 1. The van der Waals surface area contributed by atoms with E-state index in [1.807, 2.05) is 24.3 Å². The Morgan fingerprint density at radius 1 is 1.56 bits per heavy atom. The maximum atomic E-state index is 11.2. The minimum atomic E-state index is -0.0105. The van der Waals surface area contributed by atoms with Gasteiger partial charge in [0.2, 0.25) is 0 Å². The molecule has 3 heteroatoms. The molecule has 16 heavy (non-hydrogen) atoms. The summed E-state index contributed by atoms with van der Waals surface area (Å²) >= 11 is 5.95. The van der Waals surface area contributed by atoms with Crippen molar-refractivity contribution in [1.29, 1.82) is 0 Å². The van der Waals surface area contributed by atoms with E-state index in [1.54, 1.807) is 0 Å². The number of nitrogens with zero attached hydrogens (tertiary/aromatic N) is 1. The number of carbonyl (C=O) groups is 1. The standard InChI is InChI=1S/C13H16ClNO/c1-15-6-5-11(8-15)13(9-16)10-3-2-4-12(14)7-10/h2-4,7,9,11,13H,5-6,8H2,1H3. The van der Waals surface area contributed by atoms with Crippen molar-refractivity contribution in [3.63, 3.8) is 0 Å². The van der Waals surface area contributed by atoms with E-state index >= 15 is 0 Å². The number of halogens is 1. The van der Waals surface area contributed by atoms with Crippen LogP contribution in [0.4, 0.5) is 0 Å². The number of aldehydes is 1. The molecule has 0 aromatic heterocycles. The highest BCUT2D eigenvalue weighted by molar-refractivity contribution is 6.30. The predicted molar refractivity (Wildman–Crippen MR) is 65.9 cm³/mol. The van der Waals surface area contributed by atoms with Gasteiger partial charge >= 0.3 is 0 Å². The van der Waals surface area contributed by atoms with Gasteiger partial charge in [0.25, 0.3) is 0 Å². The first-order valence-electron chi connectivity index (χ1n) is 5.60. The Morgan fingerprint density at radius 2 is 2.38 bits per heavy atom. The van der Waals surface area contributed by atoms with Crippen molar-refractivity contribution in [2.45, 2.75) is 12.3 Å². The van der Waals surface area contributed by atoms with Gasteiger partial charge in [-0.25, -0.2) is 0 Å². The summed E-state index contributed by atoms with van der Waals surface area (Å²) in [6.45, 7) is 2.07. The van der Waals surface area contributed by atoms with Crippen molar-refractivity contribution in [2.75, 3.05) is 20.1 Å². The van der Waals surface area contributed by atoms with Gasteiger partial charge in [-0.15, -0.1) is 0 Å². The molecule has 86 valence electrons. The highest BCUT2D eigenvalue weighted by atomic mass is 35.5. The Hall–Kier alpha value is -0.860. The highest BCUT2D eigenvalue weighted by Gasteiger charge is 2.28. The second-order valence-corrected chi connectivity index (χ2v) is 4.96. The van der Waals surface area contributed by atoms with Crippen molar-refractivity contribution in [1.82, 2.24) is 4.90 Å². The average Bonchev–Trinajstić information content (AvgIpc) is 2.66. The second-order valence-electron chi connectivity index (χ2n) is 4.53. The number of rotatable bonds is 3. The summed E-state index contributed by atoms with van der Waals surface area (Å²) in [5, 5.41) is 0.704. The largest absolute Gasteiger partial charge is 0.306 e. The van der Waals surface area contributed by atoms with Crippen LogP contribution in [0.1, 0.15) is 17.9 Å². The molecule has 1 heterocycles. The van der Waals surface area contributed by atoms with Crippen molar-refractivity contribution in [2.24, 2.45) is 5.92 Å². The third-order valence-electron chi connectivity index (χ3n) is 3.32. The predicted octanol–water partition coefficient (Wildman–Crippen LogP) is 2.57. The van der Waals surface area contributed by atoms with Crippen molar-refractivity contribution in [3.8, 4) is 0 Å². The summed E-state index contributed by atoms with van der Waals surface area (Å²) < 4.78 is 0. The first-order chi connectivity index (χ1) is 7.70. The van der Waals surface area contributed by atoms with Gasteiger partial charge in [-0.2, -0.15) is 0 Å². The van der Waals surface area contributed by atoms with E-state index < -0.39 is 0 Å². The van der Waals surface area contributed by atoms with E-state index in [4.69, 9.17) is 11.6 Å². The third kappa shape index (κ3) is 2.45. The first-order valence-corrected chi connectivity index (χ1v) is 5.98. The fourth-order valence-corrected chi connectivity index (χ4v) is 2.64. The molecule has 1 saturated heterocycles. The maximum absolute atomic E-state index is 11.2. The lowest BCUT2D eigenvalue weighted by atomic mass is 9.86. The Morgan fingerprint density at radius 3 is 2.94 bits per heavy atom. The van der Waals surface area contributed by atoms with Crippen LogP contribution in [0.15, 0.2) is 24.3 Å². The SMILES string of the molecule is CN1CCC(C(C=O)c2cccc(Cl)c2)C1. The maximum Gasteiger partial charge on any atom is 0.127 e. The Kier molecular flexibility index (Phi) is 3.62. The smallest absolute Gasteiger partial charge is 0.127 e. The van der Waals surface area contributed by atoms with Crippen LogP contribution >= 0.6 is 11.6 Å². The zero-order valence-corrected chi connectivity index (χ0v) is 10.2. The molecular formula is C13H16ClNO. The summed E-state index contributed by atoms with van der Waals surface area (Å²) in [7, 11) is 2.10. The molecule has 0 aliphatic carbocycles. The Labute approximate surface area is 101 Å². The van der Waals surface area contributed by atoms with Crippen LogP contribution in [0.25, 0.3) is 0 Å². The van der Waals surface area contributed by atoms with Crippen LogP contribution in [0, 0.1) is 5.92 Å². The summed E-state index contributed by atoms with van der Waals surface area (Å²) in [6, 6.07) is 7.64. The Balaban J connectivity index is 2.19. The lowest BCUT2D eigenvalue weighted by Gasteiger charge is -2.18. The average molecular weight is 238 g/mol. The van der Waals surface area contributed by atoms with Crippen LogP contribution in [0.2, 0.25) is 5.02 Å². The van der Waals surface area contributed by atoms with Crippen LogP contribution in [-0.4, -0.2) is 31.3 Å². The molecule has 2 nitrogen and oxygen atoms in total. The van der Waals surface area contributed by atoms with Crippen molar-refractivity contribution in [3.05, 3.63) is 34.9 Å². The minimum Gasteiger partial charge on any atom is -0.306 e. The van der Waals surface area contributed by atoms with Crippen molar-refractivity contribution >= 4 is 17.9 Å². The molecule has 0 spiro atoms. The quantitative estimate of drug-likeness (QED) is 0.754. The number of benzene rings is 1. The molecule has 2 atom stereocenters. The lowest BCUT2D eigenvalue weighted by Crippen LogP contribution is -2.19. The Bertz CT molecular complexity index is 380. The molecule has 1 aromatic rings. The van der Waals surface area contributed by atoms with Crippen molar-refractivity contribution < 1.29 is 4.79 Å². The van der Waals surface area contributed by atoms with Gasteiger partial charge in [0, 0.05) is 17.5 Å². The van der Waals surface area contributed by atoms with Gasteiger partial charge in [0.05, 0.1) is 0 Å². The third-order valence-corrected chi connectivity index (χ3v) is 3.55. The number of hydrogen-bond acceptors (Lipinski definition) is 2. The minimum absolute atomic E-state index is 0.0105. The summed E-state index contributed by atoms with van der Waals surface area (Å²) in [6.07, 6.45) is 2.15. The molecule has 0 saturated carbocycles. The highest BCUT2D eigenvalue weighted by Crippen LogP contribution is 2.31. The van der Waals surface area contributed by atoms with E-state index in [0.717, 1.165) is 31.4 Å². The summed E-state index contributed by atoms with van der Waals surface area (Å²) in [4.78, 5) is 13.5. The van der Waals surface area contributed by atoms with Gasteiger partial charge in [-0.3, -0.25) is 0 Å². The number of carbonyl (C=O) groups excluding carboxylic acids is 1. The van der Waals surface area contributed by atoms with Gasteiger partial charge in [-0.05, 0) is 43.6 Å². The first kappa shape index (κ1) is 11.6. The topological polar surface area (TPSA) is 20.3 Å². The van der Waals surface area contributed by atoms with Gasteiger partial charge in [0.15, 0.2) is 0 Å². The van der Waals surface area contributed by atoms with E-state index in [0.29, 0.717) is 10.9 Å². The second kappa shape index (κ2) is 4.98. The molecular weight excluding hydrogens is 222 g/mol. The van der Waals surface area contributed by atoms with E-state index in [1.165, 1.54) is 0 Å². The number of hydrogen-bond donors (Lipinski definition) is 0. The van der Waals surface area contributed by atoms with Crippen LogP contribution in [0.5, 0.6) is 0 Å². The molecule has 2 unspecified atom stereocenters. The zero-order valence-electron chi connectivity index (χ0n) is 9.40. The lowest BCUT2D eigenvalue weighted by molar-refractivity contribution is -0.110. The normalized spacial score (nSPS) is 23.2. The van der Waals surface area contributed by atoms with Gasteiger partial charge < -0.3 is 9.69 Å². The zero-order chi connectivity index (χ0) is 11.5. The van der Waals surface area contributed by atoms with Gasteiger partial charge in [0.1, 0.15) is 6.29 Å². The fraction of sp³-hybridized carbons (Fsp3) is 0.462. The van der Waals surface area contributed by atoms with E-state index in [2.05, 4.69) is 11.9 Å². The monoisotopic (exact) mass is 237 g/mol. The fourth-order valence-electron chi connectivity index (χ4n) is 2.44. The van der Waals surface area contributed by atoms with Crippen LogP contribution < -0.4 is 0 Å². The van der Waals surface area contributed by atoms with E-state index in [-0.39, 0.29) is 5.92 Å². The molecule has 2 rings (SSSR count). The van der Waals surface area contributed by atoms with Crippen LogP contribution in [-0.2, 0) is 4.79 Å². The molecule has 1 aliphatic heterocycles. The molecule has 0 radical (unpaired) electrons. The summed E-state index contributed by atoms with van der Waals surface area (Å²) in [5.74, 6) is 0.421. The molecule has 1 aliphatic rings. The van der Waals surface area contributed by atoms with E-state index in [9.17, 15) is 4.79 Å². The summed E-state index contributed by atoms with van der Waals surface area (Å²) in [5.41, 5.74) is 1.04. The molecule has 1 aromatic carbocycles. The molecule has 0 amide bonds.